The number of carbonyl (C=O) groups excluding carboxylic acids is 2. The van der Waals surface area contributed by atoms with Gasteiger partial charge in [-0.15, -0.1) is 10.2 Å². The number of rotatable bonds is 8. The van der Waals surface area contributed by atoms with Crippen molar-refractivity contribution in [3.05, 3.63) is 74.9 Å². The molecular formula is C26H22Cl2F7N9O2. The van der Waals surface area contributed by atoms with Crippen molar-refractivity contribution in [1.29, 1.82) is 0 Å². The van der Waals surface area contributed by atoms with Crippen LogP contribution in [0.25, 0.3) is 5.82 Å². The summed E-state index contributed by atoms with van der Waals surface area (Å²) in [7, 11) is 0. The molecule has 0 aliphatic rings. The molecule has 0 aliphatic carbocycles. The van der Waals surface area contributed by atoms with Gasteiger partial charge in [-0.1, -0.05) is 23.2 Å². The minimum Gasteiger partial charge on any atom is -0.347 e. The summed E-state index contributed by atoms with van der Waals surface area (Å²) in [5.41, 5.74) is -0.612. The van der Waals surface area contributed by atoms with E-state index in [0.717, 1.165) is 10.7 Å². The van der Waals surface area contributed by atoms with E-state index in [1.54, 1.807) is 27.7 Å². The van der Waals surface area contributed by atoms with Gasteiger partial charge in [-0.2, -0.15) is 40.6 Å². The number of tetrazole rings is 1. The second kappa shape index (κ2) is 12.1. The van der Waals surface area contributed by atoms with Gasteiger partial charge >= 0.3 is 18.0 Å². The second-order valence-electron chi connectivity index (χ2n) is 10.8. The van der Waals surface area contributed by atoms with E-state index < -0.39 is 47.7 Å². The van der Waals surface area contributed by atoms with Gasteiger partial charge in [0.2, 0.25) is 0 Å². The summed E-state index contributed by atoms with van der Waals surface area (Å²) in [5, 5.41) is 18.6. The van der Waals surface area contributed by atoms with Gasteiger partial charge in [-0.05, 0) is 68.8 Å². The van der Waals surface area contributed by atoms with E-state index >= 15 is 0 Å². The highest BCUT2D eigenvalue weighted by atomic mass is 35.5. The summed E-state index contributed by atoms with van der Waals surface area (Å²) >= 11 is 12.4. The number of pyridine rings is 1. The number of benzene rings is 1. The Bertz CT molecular complexity index is 1800. The molecule has 0 unspecified atom stereocenters. The highest BCUT2D eigenvalue weighted by Gasteiger charge is 2.75. The molecule has 0 spiro atoms. The fraction of sp³-hybridized carbons (Fsp3) is 0.346. The van der Waals surface area contributed by atoms with Crippen molar-refractivity contribution in [2.75, 3.05) is 5.32 Å². The summed E-state index contributed by atoms with van der Waals surface area (Å²) < 4.78 is 94.0. The van der Waals surface area contributed by atoms with Crippen LogP contribution in [0.5, 0.6) is 0 Å². The van der Waals surface area contributed by atoms with Crippen LogP contribution in [0.2, 0.25) is 10.0 Å². The fourth-order valence-electron chi connectivity index (χ4n) is 3.94. The number of amides is 2. The van der Waals surface area contributed by atoms with Crippen molar-refractivity contribution < 1.29 is 40.3 Å². The van der Waals surface area contributed by atoms with E-state index in [0.29, 0.717) is 5.56 Å². The Labute approximate surface area is 265 Å². The molecule has 0 saturated heterocycles. The van der Waals surface area contributed by atoms with Crippen molar-refractivity contribution in [3.63, 3.8) is 0 Å². The summed E-state index contributed by atoms with van der Waals surface area (Å²) in [5.74, 6) is -16.1. The van der Waals surface area contributed by atoms with Crippen molar-refractivity contribution >= 4 is 40.7 Å². The SMILES string of the molecule is Cc1cc(Cl)cc(C(=O)NC(C)(C)C)c1NC(=O)c1cc(Cn2nnc(C(F)(F)C(F)(F)C(F)(F)F)n2)nn1-c1ncccc1Cl. The van der Waals surface area contributed by atoms with Crippen LogP contribution >= 0.6 is 23.2 Å². The Morgan fingerprint density at radius 2 is 1.63 bits per heavy atom. The lowest BCUT2D eigenvalue weighted by Crippen LogP contribution is -2.50. The Morgan fingerprint density at radius 3 is 2.24 bits per heavy atom. The van der Waals surface area contributed by atoms with Crippen LogP contribution in [0.4, 0.5) is 36.4 Å². The Hall–Kier alpha value is -4.32. The van der Waals surface area contributed by atoms with Gasteiger partial charge in [0, 0.05) is 16.8 Å². The third-order valence-corrected chi connectivity index (χ3v) is 6.50. The zero-order valence-corrected chi connectivity index (χ0v) is 25.5. The van der Waals surface area contributed by atoms with E-state index in [2.05, 4.69) is 36.1 Å². The molecule has 0 aliphatic heterocycles. The lowest BCUT2D eigenvalue weighted by atomic mass is 10.0. The number of hydrogen-bond acceptors (Lipinski definition) is 7. The van der Waals surface area contributed by atoms with Crippen LogP contribution in [0.3, 0.4) is 0 Å². The molecule has 0 atom stereocenters. The number of anilines is 1. The number of hydrogen-bond donors (Lipinski definition) is 2. The Kier molecular flexibility index (Phi) is 9.11. The molecule has 46 heavy (non-hydrogen) atoms. The third-order valence-electron chi connectivity index (χ3n) is 5.99. The minimum absolute atomic E-state index is 0.00862. The molecule has 2 N–H and O–H groups in total. The van der Waals surface area contributed by atoms with Crippen molar-refractivity contribution in [1.82, 2.24) is 40.3 Å². The molecule has 20 heteroatoms. The van der Waals surface area contributed by atoms with Gasteiger partial charge in [0.25, 0.3) is 17.6 Å². The highest BCUT2D eigenvalue weighted by Crippen LogP contribution is 2.50. The van der Waals surface area contributed by atoms with Gasteiger partial charge in [0.1, 0.15) is 12.2 Å². The maximum atomic E-state index is 14.1. The number of nitrogens with zero attached hydrogens (tertiary/aromatic N) is 7. The van der Waals surface area contributed by atoms with E-state index in [9.17, 15) is 40.3 Å². The average molecular weight is 696 g/mol. The molecular weight excluding hydrogens is 674 g/mol. The first-order valence-corrected chi connectivity index (χ1v) is 13.6. The molecule has 0 saturated carbocycles. The maximum absolute atomic E-state index is 14.1. The summed E-state index contributed by atoms with van der Waals surface area (Å²) in [6.07, 6.45) is -5.29. The molecule has 4 rings (SSSR count). The van der Waals surface area contributed by atoms with E-state index in [4.69, 9.17) is 23.2 Å². The molecule has 0 bridgehead atoms. The van der Waals surface area contributed by atoms with Gasteiger partial charge in [0.05, 0.1) is 22.0 Å². The molecule has 1 aromatic carbocycles. The third kappa shape index (κ3) is 6.91. The number of alkyl halides is 7. The average Bonchev–Trinajstić information content (AvgIpc) is 3.56. The lowest BCUT2D eigenvalue weighted by Gasteiger charge is -2.25. The zero-order valence-electron chi connectivity index (χ0n) is 24.0. The lowest BCUT2D eigenvalue weighted by molar-refractivity contribution is -0.361. The Balaban J connectivity index is 1.73. The van der Waals surface area contributed by atoms with Crippen LogP contribution < -0.4 is 10.6 Å². The van der Waals surface area contributed by atoms with E-state index in [-0.39, 0.29) is 43.3 Å². The largest absolute Gasteiger partial charge is 0.460 e. The summed E-state index contributed by atoms with van der Waals surface area (Å²) in [6, 6.07) is 6.83. The number of aryl methyl sites for hydroxylation is 1. The van der Waals surface area contributed by atoms with Crippen molar-refractivity contribution in [2.24, 2.45) is 0 Å². The van der Waals surface area contributed by atoms with Gasteiger partial charge in [0.15, 0.2) is 5.82 Å². The number of carbonyl (C=O) groups is 2. The normalized spacial score (nSPS) is 12.7. The van der Waals surface area contributed by atoms with Crippen molar-refractivity contribution in [3.8, 4) is 5.82 Å². The monoisotopic (exact) mass is 695 g/mol. The smallest absolute Gasteiger partial charge is 0.347 e. The first-order valence-electron chi connectivity index (χ1n) is 12.9. The predicted octanol–water partition coefficient (Wildman–Crippen LogP) is 5.99. The van der Waals surface area contributed by atoms with Crippen LogP contribution in [0.1, 0.15) is 58.7 Å². The number of aromatic nitrogens is 7. The van der Waals surface area contributed by atoms with Gasteiger partial charge in [-0.3, -0.25) is 9.59 Å². The standard InChI is InChI=1S/C26H22Cl2F7N9O2/c1-12-8-13(27)9-15(20(45)38-23(2,3)4)18(12)37-21(46)17-10-14(40-44(17)19-16(28)6-5-7-36-19)11-43-41-22(39-42-43)24(29,30)25(31,32)26(33,34)35/h5-10H,11H2,1-4H3,(H,37,46)(H,38,45). The van der Waals surface area contributed by atoms with Gasteiger partial charge in [-0.25, -0.2) is 9.67 Å². The predicted molar refractivity (Wildman–Crippen MR) is 150 cm³/mol. The molecule has 3 aromatic heterocycles. The molecule has 11 nitrogen and oxygen atoms in total. The maximum Gasteiger partial charge on any atom is 0.460 e. The van der Waals surface area contributed by atoms with E-state index in [1.807, 2.05) is 0 Å². The number of nitrogens with one attached hydrogen (secondary N) is 2. The molecule has 0 radical (unpaired) electrons. The molecule has 3 heterocycles. The number of halogens is 9. The highest BCUT2D eigenvalue weighted by molar-refractivity contribution is 6.32. The van der Waals surface area contributed by atoms with Crippen LogP contribution in [-0.4, -0.2) is 64.4 Å². The molecule has 2 amide bonds. The quantitative estimate of drug-likeness (QED) is 0.217. The minimum atomic E-state index is -6.61. The summed E-state index contributed by atoms with van der Waals surface area (Å²) in [6.45, 7) is 6.09. The van der Waals surface area contributed by atoms with Crippen LogP contribution in [0, 0.1) is 6.92 Å². The van der Waals surface area contributed by atoms with Crippen molar-refractivity contribution in [2.45, 2.75) is 57.8 Å². The van der Waals surface area contributed by atoms with E-state index in [1.165, 1.54) is 30.5 Å². The van der Waals surface area contributed by atoms with Crippen LogP contribution in [0.15, 0.2) is 36.5 Å². The Morgan fingerprint density at radius 1 is 0.957 bits per heavy atom. The van der Waals surface area contributed by atoms with Crippen LogP contribution in [-0.2, 0) is 12.5 Å². The second-order valence-corrected chi connectivity index (χ2v) is 11.7. The zero-order chi connectivity index (χ0) is 34.4. The first-order chi connectivity index (χ1) is 21.1. The molecule has 4 aromatic rings. The summed E-state index contributed by atoms with van der Waals surface area (Å²) in [4.78, 5) is 31.1. The topological polar surface area (TPSA) is 133 Å². The van der Waals surface area contributed by atoms with Gasteiger partial charge < -0.3 is 10.6 Å². The molecule has 246 valence electrons. The fourth-order valence-corrected chi connectivity index (χ4v) is 4.41. The molecule has 0 fully saturated rings. The first kappa shape index (κ1) is 34.6.